The number of aromatic hydroxyl groups is 1. The topological polar surface area (TPSA) is 48.3 Å². The number of hydrogen-bond acceptors (Lipinski definition) is 5. The second-order valence-electron chi connectivity index (χ2n) is 9.96. The zero-order valence-electron chi connectivity index (χ0n) is 19.6. The Labute approximate surface area is 195 Å². The first-order valence-electron chi connectivity index (χ1n) is 12.1. The van der Waals surface area contributed by atoms with Crippen LogP contribution in [0.3, 0.4) is 0 Å². The van der Waals surface area contributed by atoms with Gasteiger partial charge in [0.15, 0.2) is 5.75 Å². The van der Waals surface area contributed by atoms with Crippen LogP contribution in [0.1, 0.15) is 45.6 Å². The van der Waals surface area contributed by atoms with Gasteiger partial charge >= 0.3 is 0 Å². The van der Waals surface area contributed by atoms with Crippen LogP contribution < -0.4 is 14.5 Å². The van der Waals surface area contributed by atoms with Crippen LogP contribution in [0.15, 0.2) is 53.5 Å². The predicted octanol–water partition coefficient (Wildman–Crippen LogP) is 6.14. The fraction of sp³-hybridized carbons (Fsp3) is 0.393. The van der Waals surface area contributed by atoms with Gasteiger partial charge in [0, 0.05) is 47.8 Å². The summed E-state index contributed by atoms with van der Waals surface area (Å²) in [5.74, 6) is 1.04. The molecule has 1 spiro atoms. The summed E-state index contributed by atoms with van der Waals surface area (Å²) >= 11 is 0. The van der Waals surface area contributed by atoms with Crippen molar-refractivity contribution in [2.75, 3.05) is 29.4 Å². The van der Waals surface area contributed by atoms with E-state index >= 15 is 0 Å². The van der Waals surface area contributed by atoms with Crippen LogP contribution in [0.4, 0.5) is 17.1 Å². The normalized spacial score (nSPS) is 23.0. The van der Waals surface area contributed by atoms with Crippen LogP contribution in [0.2, 0.25) is 0 Å². The molecule has 6 rings (SSSR count). The number of aliphatic imine (C=N–C) groups is 1. The Morgan fingerprint density at radius 2 is 1.76 bits per heavy atom. The van der Waals surface area contributed by atoms with E-state index in [0.717, 1.165) is 41.8 Å². The molecule has 5 heteroatoms. The van der Waals surface area contributed by atoms with Gasteiger partial charge in [-0.1, -0.05) is 18.2 Å². The van der Waals surface area contributed by atoms with E-state index in [1.807, 2.05) is 18.3 Å². The number of rotatable bonds is 2. The van der Waals surface area contributed by atoms with E-state index < -0.39 is 5.72 Å². The monoisotopic (exact) mass is 441 g/mol. The first-order valence-corrected chi connectivity index (χ1v) is 12.1. The number of likely N-dealkylation sites (N-methyl/N-ethyl adjacent to an activating group) is 1. The van der Waals surface area contributed by atoms with E-state index in [1.165, 1.54) is 36.2 Å². The number of fused-ring (bicyclic) bond motifs is 4. The highest BCUT2D eigenvalue weighted by Crippen LogP contribution is 2.55. The first kappa shape index (κ1) is 20.4. The molecule has 0 amide bonds. The van der Waals surface area contributed by atoms with Crippen molar-refractivity contribution in [2.24, 2.45) is 4.99 Å². The summed E-state index contributed by atoms with van der Waals surface area (Å²) in [5.41, 5.74) is 3.45. The SMILES string of the molecule is CCN1c2ccccc2C(C)(C)C12C=Nc1c(cc(N3CCCCC3)c3ccc(O)cc13)O2. The van der Waals surface area contributed by atoms with E-state index in [-0.39, 0.29) is 11.2 Å². The molecule has 3 aromatic rings. The lowest BCUT2D eigenvalue weighted by Gasteiger charge is -2.46. The van der Waals surface area contributed by atoms with Crippen LogP contribution in [0, 0.1) is 0 Å². The molecular formula is C28H31N3O2. The maximum absolute atomic E-state index is 10.3. The van der Waals surface area contributed by atoms with Gasteiger partial charge in [-0.15, -0.1) is 0 Å². The van der Waals surface area contributed by atoms with Crippen molar-refractivity contribution in [3.05, 3.63) is 54.1 Å². The second kappa shape index (κ2) is 7.14. The lowest BCUT2D eigenvalue weighted by Crippen LogP contribution is -2.62. The highest BCUT2D eigenvalue weighted by atomic mass is 16.5. The van der Waals surface area contributed by atoms with Gasteiger partial charge in [-0.25, -0.2) is 0 Å². The van der Waals surface area contributed by atoms with E-state index in [4.69, 9.17) is 9.73 Å². The molecule has 1 saturated heterocycles. The average Bonchev–Trinajstić information content (AvgIpc) is 3.01. The molecule has 1 unspecified atom stereocenters. The van der Waals surface area contributed by atoms with Crippen molar-refractivity contribution in [1.29, 1.82) is 0 Å². The lowest BCUT2D eigenvalue weighted by atomic mass is 9.77. The molecule has 1 atom stereocenters. The van der Waals surface area contributed by atoms with E-state index in [1.54, 1.807) is 6.07 Å². The molecule has 0 radical (unpaired) electrons. The summed E-state index contributed by atoms with van der Waals surface area (Å²) in [6.45, 7) is 9.57. The van der Waals surface area contributed by atoms with Crippen molar-refractivity contribution in [1.82, 2.24) is 0 Å². The van der Waals surface area contributed by atoms with Crippen LogP contribution in [-0.4, -0.2) is 36.7 Å². The summed E-state index contributed by atoms with van der Waals surface area (Å²) < 4.78 is 7.03. The molecule has 0 bridgehead atoms. The maximum atomic E-state index is 10.3. The van der Waals surface area contributed by atoms with Crippen molar-refractivity contribution in [2.45, 2.75) is 51.2 Å². The molecule has 33 heavy (non-hydrogen) atoms. The fourth-order valence-electron chi connectivity index (χ4n) is 6.07. The quantitative estimate of drug-likeness (QED) is 0.519. The van der Waals surface area contributed by atoms with Crippen LogP contribution in [-0.2, 0) is 5.41 Å². The molecule has 0 saturated carbocycles. The van der Waals surface area contributed by atoms with E-state index in [0.29, 0.717) is 0 Å². The molecule has 3 heterocycles. The van der Waals surface area contributed by atoms with Crippen molar-refractivity contribution >= 4 is 34.0 Å². The minimum Gasteiger partial charge on any atom is -0.508 e. The number of phenolic OH excluding ortho intramolecular Hbond substituents is 1. The lowest BCUT2D eigenvalue weighted by molar-refractivity contribution is 0.0788. The maximum Gasteiger partial charge on any atom is 0.228 e. The Bertz CT molecular complexity index is 1280. The number of anilines is 2. The number of para-hydroxylation sites is 1. The second-order valence-corrected chi connectivity index (χ2v) is 9.96. The van der Waals surface area contributed by atoms with Gasteiger partial charge in [-0.2, -0.15) is 0 Å². The van der Waals surface area contributed by atoms with Gasteiger partial charge in [0.2, 0.25) is 5.72 Å². The standard InChI is InChI=1S/C28H31N3O2/c1-4-31-23-11-7-6-10-22(23)27(2,3)28(31)18-29-26-21-16-19(32)12-13-20(21)24(17-25(26)33-28)30-14-8-5-9-15-30/h6-7,10-13,16-18,32H,4-5,8-9,14-15H2,1-3H3. The molecule has 0 aromatic heterocycles. The Morgan fingerprint density at radius 1 is 0.970 bits per heavy atom. The van der Waals surface area contributed by atoms with Gasteiger partial charge in [0.1, 0.15) is 11.4 Å². The van der Waals surface area contributed by atoms with Crippen LogP contribution in [0.5, 0.6) is 11.5 Å². The highest BCUT2D eigenvalue weighted by Gasteiger charge is 2.59. The molecule has 0 aliphatic carbocycles. The van der Waals surface area contributed by atoms with Crippen molar-refractivity contribution < 1.29 is 9.84 Å². The number of benzene rings is 3. The third-order valence-corrected chi connectivity index (χ3v) is 7.85. The summed E-state index contributed by atoms with van der Waals surface area (Å²) in [6.07, 6.45) is 5.67. The predicted molar refractivity (Wildman–Crippen MR) is 136 cm³/mol. The summed E-state index contributed by atoms with van der Waals surface area (Å²) in [6, 6.07) is 16.4. The largest absolute Gasteiger partial charge is 0.508 e. The highest BCUT2D eigenvalue weighted by molar-refractivity contribution is 6.06. The Balaban J connectivity index is 1.56. The van der Waals surface area contributed by atoms with Gasteiger partial charge in [0.25, 0.3) is 0 Å². The Morgan fingerprint density at radius 3 is 2.55 bits per heavy atom. The molecule has 170 valence electrons. The minimum absolute atomic E-state index is 0.250. The average molecular weight is 442 g/mol. The van der Waals surface area contributed by atoms with Crippen molar-refractivity contribution in [3.63, 3.8) is 0 Å². The Hall–Kier alpha value is -3.21. The third-order valence-electron chi connectivity index (χ3n) is 7.85. The zero-order valence-corrected chi connectivity index (χ0v) is 19.6. The molecule has 5 nitrogen and oxygen atoms in total. The minimum atomic E-state index is -0.706. The smallest absolute Gasteiger partial charge is 0.228 e. The molecule has 3 aliphatic heterocycles. The number of phenols is 1. The van der Waals surface area contributed by atoms with Gasteiger partial charge in [-0.05, 0) is 69.9 Å². The number of piperidine rings is 1. The van der Waals surface area contributed by atoms with E-state index in [9.17, 15) is 5.11 Å². The number of nitrogens with zero attached hydrogens (tertiary/aromatic N) is 3. The molecule has 1 N–H and O–H groups in total. The van der Waals surface area contributed by atoms with E-state index in [2.05, 4.69) is 60.9 Å². The number of ether oxygens (including phenoxy) is 1. The van der Waals surface area contributed by atoms with Crippen molar-refractivity contribution in [3.8, 4) is 11.5 Å². The summed E-state index contributed by atoms with van der Waals surface area (Å²) in [5, 5.41) is 12.4. The molecule has 3 aromatic carbocycles. The number of hydrogen-bond donors (Lipinski definition) is 1. The van der Waals surface area contributed by atoms with Crippen LogP contribution >= 0.6 is 0 Å². The zero-order chi connectivity index (χ0) is 22.8. The van der Waals surface area contributed by atoms with Crippen LogP contribution in [0.25, 0.3) is 10.8 Å². The fourth-order valence-corrected chi connectivity index (χ4v) is 6.07. The Kier molecular flexibility index (Phi) is 4.42. The molecule has 1 fully saturated rings. The molecule has 3 aliphatic rings. The van der Waals surface area contributed by atoms with Gasteiger partial charge in [0.05, 0.1) is 11.6 Å². The molecular weight excluding hydrogens is 410 g/mol. The summed E-state index contributed by atoms with van der Waals surface area (Å²) in [4.78, 5) is 9.84. The van der Waals surface area contributed by atoms with Gasteiger partial charge < -0.3 is 19.6 Å². The third kappa shape index (κ3) is 2.74. The first-order chi connectivity index (χ1) is 16.0. The van der Waals surface area contributed by atoms with Gasteiger partial charge in [-0.3, -0.25) is 4.99 Å². The summed E-state index contributed by atoms with van der Waals surface area (Å²) in [7, 11) is 0.